The van der Waals surface area contributed by atoms with Crippen LogP contribution in [0, 0.1) is 0 Å². The van der Waals surface area contributed by atoms with E-state index in [9.17, 15) is 19.2 Å². The molecule has 2 aromatic heterocycles. The number of anilines is 1. The van der Waals surface area contributed by atoms with E-state index in [4.69, 9.17) is 9.47 Å². The Labute approximate surface area is 250 Å². The normalized spacial score (nSPS) is 12.2. The van der Waals surface area contributed by atoms with E-state index in [1.165, 1.54) is 36.9 Å². The van der Waals surface area contributed by atoms with Crippen LogP contribution in [-0.2, 0) is 47.9 Å². The number of nitrogens with one attached hydrogen (secondary N) is 1. The van der Waals surface area contributed by atoms with Crippen LogP contribution in [0.25, 0.3) is 0 Å². The molecule has 0 fully saturated rings. The van der Waals surface area contributed by atoms with Gasteiger partial charge in [-0.15, -0.1) is 31.7 Å². The lowest BCUT2D eigenvalue weighted by Crippen LogP contribution is -2.28. The Balaban J connectivity index is 1.25. The summed E-state index contributed by atoms with van der Waals surface area (Å²) in [6.07, 6.45) is 2.91. The zero-order valence-corrected chi connectivity index (χ0v) is 24.7. The van der Waals surface area contributed by atoms with Gasteiger partial charge in [-0.3, -0.25) is 24.5 Å². The monoisotopic (exact) mass is 607 g/mol. The quantitative estimate of drug-likeness (QED) is 0.127. The number of benzene rings is 2. The molecule has 2 atom stereocenters. The number of hydrogen-bond acceptors (Lipinski definition) is 12. The van der Waals surface area contributed by atoms with Crippen molar-refractivity contribution in [1.29, 1.82) is 0 Å². The fourth-order valence-corrected chi connectivity index (χ4v) is 5.90. The maximum Gasteiger partial charge on any atom is 0.322 e. The second-order valence-electron chi connectivity index (χ2n) is 9.16. The Morgan fingerprint density at radius 3 is 1.79 bits per heavy atom. The van der Waals surface area contributed by atoms with Crippen molar-refractivity contribution >= 4 is 51.4 Å². The summed E-state index contributed by atoms with van der Waals surface area (Å²) in [6, 6.07) is 17.5. The highest BCUT2D eigenvalue weighted by molar-refractivity contribution is 7.15. The van der Waals surface area contributed by atoms with Crippen molar-refractivity contribution in [3.05, 3.63) is 86.8 Å². The zero-order valence-electron chi connectivity index (χ0n) is 23.0. The van der Waals surface area contributed by atoms with E-state index in [1.807, 2.05) is 6.07 Å². The molecule has 2 aromatic carbocycles. The number of carbonyl (C=O) groups is 4. The summed E-state index contributed by atoms with van der Waals surface area (Å²) >= 11 is 2.60. The van der Waals surface area contributed by atoms with Gasteiger partial charge in [-0.05, 0) is 24.0 Å². The molecule has 0 saturated heterocycles. The van der Waals surface area contributed by atoms with Gasteiger partial charge in [0, 0.05) is 12.8 Å². The van der Waals surface area contributed by atoms with Crippen LogP contribution >= 0.6 is 22.7 Å². The van der Waals surface area contributed by atoms with E-state index in [0.29, 0.717) is 34.1 Å². The number of rotatable bonds is 14. The van der Waals surface area contributed by atoms with Crippen LogP contribution in [0.3, 0.4) is 0 Å². The van der Waals surface area contributed by atoms with E-state index in [1.54, 1.807) is 54.6 Å². The maximum absolute atomic E-state index is 12.9. The van der Waals surface area contributed by atoms with Crippen molar-refractivity contribution in [2.24, 2.45) is 0 Å². The summed E-state index contributed by atoms with van der Waals surface area (Å²) in [6.45, 7) is 0. The van der Waals surface area contributed by atoms with E-state index >= 15 is 0 Å². The lowest BCUT2D eigenvalue weighted by atomic mass is 9.93. The number of hydrogen-bond donors (Lipinski definition) is 1. The van der Waals surface area contributed by atoms with Crippen molar-refractivity contribution in [3.8, 4) is 0 Å². The Kier molecular flexibility index (Phi) is 11.0. The van der Waals surface area contributed by atoms with Crippen LogP contribution in [0.1, 0.15) is 50.8 Å². The van der Waals surface area contributed by atoms with Gasteiger partial charge in [0.05, 0.1) is 20.6 Å². The molecule has 1 amide bonds. The van der Waals surface area contributed by atoms with Gasteiger partial charge in [-0.2, -0.15) is 0 Å². The Bertz CT molecular complexity index is 1400. The maximum atomic E-state index is 12.9. The number of carbonyl (C=O) groups excluding carboxylic acids is 4. The smallest absolute Gasteiger partial charge is 0.322 e. The third-order valence-electron chi connectivity index (χ3n) is 6.29. The SMILES string of the molecule is COC(=O)C(C(=O)Cc1nnc(CCCCc2nnc(NC(=O)C(C(=O)OC)c3ccccc3)s2)s1)c1ccccc1. The van der Waals surface area contributed by atoms with Crippen LogP contribution in [0.15, 0.2) is 60.7 Å². The first kappa shape index (κ1) is 30.6. The van der Waals surface area contributed by atoms with Crippen LogP contribution in [0.4, 0.5) is 5.13 Å². The fraction of sp³-hybridized carbons (Fsp3) is 0.310. The first-order chi connectivity index (χ1) is 20.4. The number of ether oxygens (including phenoxy) is 2. The molecule has 0 radical (unpaired) electrons. The van der Waals surface area contributed by atoms with Crippen molar-refractivity contribution < 1.29 is 28.7 Å². The molecule has 42 heavy (non-hydrogen) atoms. The highest BCUT2D eigenvalue weighted by Gasteiger charge is 2.31. The molecular weight excluding hydrogens is 578 g/mol. The summed E-state index contributed by atoms with van der Waals surface area (Å²) in [5, 5.41) is 21.6. The molecule has 0 spiro atoms. The molecule has 4 rings (SSSR count). The Hall–Kier alpha value is -4.36. The largest absolute Gasteiger partial charge is 0.468 e. The van der Waals surface area contributed by atoms with Crippen LogP contribution < -0.4 is 5.32 Å². The summed E-state index contributed by atoms with van der Waals surface area (Å²) in [7, 11) is 2.50. The first-order valence-corrected chi connectivity index (χ1v) is 14.8. The first-order valence-electron chi connectivity index (χ1n) is 13.1. The summed E-state index contributed by atoms with van der Waals surface area (Å²) in [5.74, 6) is -4.21. The van der Waals surface area contributed by atoms with Gasteiger partial charge in [0.25, 0.3) is 0 Å². The van der Waals surface area contributed by atoms with Gasteiger partial charge in [0.1, 0.15) is 20.9 Å². The summed E-state index contributed by atoms with van der Waals surface area (Å²) in [5.41, 5.74) is 1.10. The number of nitrogens with zero attached hydrogens (tertiary/aromatic N) is 4. The van der Waals surface area contributed by atoms with Crippen molar-refractivity contribution in [3.63, 3.8) is 0 Å². The van der Waals surface area contributed by atoms with Gasteiger partial charge in [0.2, 0.25) is 11.0 Å². The molecule has 11 nitrogen and oxygen atoms in total. The van der Waals surface area contributed by atoms with Gasteiger partial charge >= 0.3 is 11.9 Å². The van der Waals surface area contributed by atoms with Crippen LogP contribution in [-0.4, -0.2) is 58.2 Å². The molecule has 0 saturated carbocycles. The predicted molar refractivity (Wildman–Crippen MR) is 156 cm³/mol. The van der Waals surface area contributed by atoms with Crippen molar-refractivity contribution in [2.75, 3.05) is 19.5 Å². The fourth-order valence-electron chi connectivity index (χ4n) is 4.22. The van der Waals surface area contributed by atoms with E-state index < -0.39 is 29.7 Å². The number of aromatic nitrogens is 4. The van der Waals surface area contributed by atoms with Gasteiger partial charge < -0.3 is 9.47 Å². The third-order valence-corrected chi connectivity index (χ3v) is 8.17. The minimum absolute atomic E-state index is 0.00723. The number of Topliss-reactive ketones (excluding diaryl/α,β-unsaturated/α-hetero) is 1. The van der Waals surface area contributed by atoms with Gasteiger partial charge in [0.15, 0.2) is 11.7 Å². The van der Waals surface area contributed by atoms with E-state index in [0.717, 1.165) is 22.9 Å². The Morgan fingerprint density at radius 2 is 1.19 bits per heavy atom. The number of esters is 2. The molecule has 0 aliphatic heterocycles. The average molecular weight is 608 g/mol. The topological polar surface area (TPSA) is 150 Å². The highest BCUT2D eigenvalue weighted by Crippen LogP contribution is 2.24. The standard InChI is InChI=1S/C29H29N5O6S2/c1-39-27(37)24(18-11-5-3-6-12-18)20(35)17-23-33-31-21(41-23)15-9-10-16-22-32-34-29(42-22)30-26(36)25(28(38)40-2)19-13-7-4-8-14-19/h3-8,11-14,24-25H,9-10,15-17H2,1-2H3,(H,30,34,36). The van der Waals surface area contributed by atoms with E-state index in [-0.39, 0.29) is 12.2 Å². The minimum atomic E-state index is -1.11. The third kappa shape index (κ3) is 8.10. The molecule has 218 valence electrons. The van der Waals surface area contributed by atoms with Crippen molar-refractivity contribution in [2.45, 2.75) is 43.9 Å². The molecule has 0 aliphatic carbocycles. The number of ketones is 1. The average Bonchev–Trinajstić information content (AvgIpc) is 3.65. The van der Waals surface area contributed by atoms with E-state index in [2.05, 4.69) is 25.7 Å². The Morgan fingerprint density at radius 1 is 0.690 bits per heavy atom. The highest BCUT2D eigenvalue weighted by atomic mass is 32.1. The van der Waals surface area contributed by atoms with Crippen LogP contribution in [0.5, 0.6) is 0 Å². The zero-order chi connectivity index (χ0) is 29.9. The lowest BCUT2D eigenvalue weighted by Gasteiger charge is -2.13. The molecule has 2 unspecified atom stereocenters. The number of unbranched alkanes of at least 4 members (excludes halogenated alkanes) is 1. The minimum Gasteiger partial charge on any atom is -0.468 e. The molecule has 1 N–H and O–H groups in total. The lowest BCUT2D eigenvalue weighted by molar-refractivity contribution is -0.146. The number of methoxy groups -OCH3 is 2. The molecule has 2 heterocycles. The number of amides is 1. The van der Waals surface area contributed by atoms with Gasteiger partial charge in [-0.1, -0.05) is 72.0 Å². The second-order valence-corrected chi connectivity index (χ2v) is 11.4. The summed E-state index contributed by atoms with van der Waals surface area (Å²) in [4.78, 5) is 50.3. The molecule has 0 aliphatic rings. The predicted octanol–water partition coefficient (Wildman–Crippen LogP) is 3.92. The van der Waals surface area contributed by atoms with Crippen molar-refractivity contribution in [1.82, 2.24) is 20.4 Å². The van der Waals surface area contributed by atoms with Gasteiger partial charge in [-0.25, -0.2) is 0 Å². The number of aryl methyl sites for hydroxylation is 2. The molecule has 0 bridgehead atoms. The second kappa shape index (κ2) is 15.0. The molecular formula is C29H29N5O6S2. The summed E-state index contributed by atoms with van der Waals surface area (Å²) < 4.78 is 9.68. The molecule has 4 aromatic rings. The van der Waals surface area contributed by atoms with Crippen LogP contribution in [0.2, 0.25) is 0 Å². The molecule has 13 heteroatoms.